The van der Waals surface area contributed by atoms with Crippen LogP contribution in [0.2, 0.25) is 0 Å². The molecule has 0 aliphatic carbocycles. The fourth-order valence-corrected chi connectivity index (χ4v) is 1.49. The topological polar surface area (TPSA) is 106 Å². The van der Waals surface area contributed by atoms with Gasteiger partial charge in [0.2, 0.25) is 5.91 Å². The molecule has 0 saturated heterocycles. The molecule has 1 heterocycles. The first-order chi connectivity index (χ1) is 8.92. The van der Waals surface area contributed by atoms with Crippen LogP contribution in [-0.2, 0) is 11.2 Å². The van der Waals surface area contributed by atoms with Crippen molar-refractivity contribution < 1.29 is 18.7 Å². The molecule has 1 amide bonds. The van der Waals surface area contributed by atoms with Gasteiger partial charge in [-0.2, -0.15) is 0 Å². The Morgan fingerprint density at radius 1 is 1.37 bits per heavy atom. The van der Waals surface area contributed by atoms with Crippen LogP contribution in [0.3, 0.4) is 0 Å². The van der Waals surface area contributed by atoms with Crippen molar-refractivity contribution in [3.8, 4) is 0 Å². The van der Waals surface area contributed by atoms with E-state index in [1.54, 1.807) is 0 Å². The minimum atomic E-state index is -2.73. The summed E-state index contributed by atoms with van der Waals surface area (Å²) in [5.41, 5.74) is -1.44. The van der Waals surface area contributed by atoms with E-state index >= 15 is 0 Å². The molecule has 0 atom stereocenters. The summed E-state index contributed by atoms with van der Waals surface area (Å²) in [7, 11) is 0. The number of carbonyl (C=O) groups is 1. The fourth-order valence-electron chi connectivity index (χ4n) is 1.49. The van der Waals surface area contributed by atoms with Gasteiger partial charge in [-0.25, -0.2) is 13.6 Å². The van der Waals surface area contributed by atoms with Crippen LogP contribution in [0.4, 0.5) is 8.78 Å². The molecule has 0 radical (unpaired) electrons. The zero-order valence-corrected chi connectivity index (χ0v) is 9.86. The molecule has 1 rings (SSSR count). The number of hydrogen-bond acceptors (Lipinski definition) is 4. The summed E-state index contributed by atoms with van der Waals surface area (Å²) < 4.78 is 24.5. The highest BCUT2D eigenvalue weighted by Gasteiger charge is 2.18. The second kappa shape index (κ2) is 6.78. The Hall–Kier alpha value is -2.03. The number of aliphatic hydroxyl groups excluding tert-OH is 1. The lowest BCUT2D eigenvalue weighted by Gasteiger charge is -2.21. The number of nitrogens with one attached hydrogen (secondary N) is 2. The highest BCUT2D eigenvalue weighted by molar-refractivity contribution is 5.78. The summed E-state index contributed by atoms with van der Waals surface area (Å²) >= 11 is 0. The zero-order valence-electron chi connectivity index (χ0n) is 9.86. The Balaban J connectivity index is 2.80. The molecular formula is C10H13F2N3O4. The van der Waals surface area contributed by atoms with Crippen molar-refractivity contribution in [1.29, 1.82) is 0 Å². The maximum Gasteiger partial charge on any atom is 0.325 e. The molecule has 0 unspecified atom stereocenters. The summed E-state index contributed by atoms with van der Waals surface area (Å²) in [6.07, 6.45) is -3.12. The first kappa shape index (κ1) is 15.0. The number of halogens is 2. The maximum absolute atomic E-state index is 12.2. The van der Waals surface area contributed by atoms with Crippen molar-refractivity contribution in [3.63, 3.8) is 0 Å². The molecule has 1 aromatic heterocycles. The molecule has 0 aliphatic heterocycles. The average Bonchev–Trinajstić information content (AvgIpc) is 2.26. The fraction of sp³-hybridized carbons (Fsp3) is 0.500. The third-order valence-electron chi connectivity index (χ3n) is 2.24. The molecule has 3 N–H and O–H groups in total. The van der Waals surface area contributed by atoms with Gasteiger partial charge in [0.15, 0.2) is 0 Å². The number of hydrogen-bond donors (Lipinski definition) is 3. The largest absolute Gasteiger partial charge is 0.395 e. The van der Waals surface area contributed by atoms with Gasteiger partial charge in [-0.05, 0) is 0 Å². The van der Waals surface area contributed by atoms with Gasteiger partial charge < -0.3 is 15.0 Å². The molecule has 7 nitrogen and oxygen atoms in total. The van der Waals surface area contributed by atoms with E-state index in [4.69, 9.17) is 5.11 Å². The average molecular weight is 277 g/mol. The van der Waals surface area contributed by atoms with Gasteiger partial charge in [0.25, 0.3) is 12.0 Å². The Bertz CT molecular complexity index is 512. The van der Waals surface area contributed by atoms with Crippen LogP contribution in [0.15, 0.2) is 15.7 Å². The van der Waals surface area contributed by atoms with Crippen molar-refractivity contribution in [2.75, 3.05) is 19.7 Å². The summed E-state index contributed by atoms with van der Waals surface area (Å²) in [5, 5.41) is 8.70. The smallest absolute Gasteiger partial charge is 0.325 e. The molecule has 106 valence electrons. The highest BCUT2D eigenvalue weighted by atomic mass is 19.3. The summed E-state index contributed by atoms with van der Waals surface area (Å²) in [6.45, 7) is -1.51. The van der Waals surface area contributed by atoms with E-state index in [9.17, 15) is 23.2 Å². The quantitative estimate of drug-likeness (QED) is 0.600. The maximum atomic E-state index is 12.2. The Labute approximate surface area is 105 Å². The molecule has 0 fully saturated rings. The monoisotopic (exact) mass is 277 g/mol. The van der Waals surface area contributed by atoms with Crippen LogP contribution >= 0.6 is 0 Å². The lowest BCUT2D eigenvalue weighted by molar-refractivity contribution is -0.133. The Morgan fingerprint density at radius 3 is 2.58 bits per heavy atom. The lowest BCUT2D eigenvalue weighted by atomic mass is 10.2. The number of aromatic nitrogens is 2. The van der Waals surface area contributed by atoms with Crippen LogP contribution < -0.4 is 11.2 Å². The van der Waals surface area contributed by atoms with Crippen LogP contribution in [-0.4, -0.2) is 52.0 Å². The molecule has 0 aliphatic rings. The van der Waals surface area contributed by atoms with Crippen LogP contribution in [0.5, 0.6) is 0 Å². The van der Waals surface area contributed by atoms with E-state index in [0.717, 1.165) is 11.0 Å². The van der Waals surface area contributed by atoms with Crippen LogP contribution in [0.1, 0.15) is 5.69 Å². The van der Waals surface area contributed by atoms with Crippen molar-refractivity contribution in [1.82, 2.24) is 14.9 Å². The SMILES string of the molecule is O=C(Cc1cc(=O)[nH]c(=O)[nH]1)N(CCO)CC(F)F. The minimum absolute atomic E-state index is 0.0240. The number of aliphatic hydroxyl groups is 1. The van der Waals surface area contributed by atoms with E-state index in [-0.39, 0.29) is 12.2 Å². The standard InChI is InChI=1S/C10H13F2N3O4/c11-7(12)5-15(1-2-16)9(18)4-6-3-8(17)14-10(19)13-6/h3,7,16H,1-2,4-5H2,(H2,13,14,17,19). The van der Waals surface area contributed by atoms with Gasteiger partial charge in [0.05, 0.1) is 19.6 Å². The van der Waals surface area contributed by atoms with Crippen LogP contribution in [0, 0.1) is 0 Å². The third-order valence-corrected chi connectivity index (χ3v) is 2.24. The van der Waals surface area contributed by atoms with Gasteiger partial charge in [-0.1, -0.05) is 0 Å². The molecule has 0 aromatic carbocycles. The summed E-state index contributed by atoms with van der Waals surface area (Å²) in [4.78, 5) is 38.6. The number of rotatable bonds is 6. The predicted octanol–water partition coefficient (Wildman–Crippen LogP) is -1.31. The van der Waals surface area contributed by atoms with E-state index < -0.39 is 43.2 Å². The molecule has 1 aromatic rings. The molecular weight excluding hydrogens is 264 g/mol. The van der Waals surface area contributed by atoms with Gasteiger partial charge >= 0.3 is 5.69 Å². The minimum Gasteiger partial charge on any atom is -0.395 e. The number of amides is 1. The third kappa shape index (κ3) is 5.00. The van der Waals surface area contributed by atoms with Gasteiger partial charge in [-0.15, -0.1) is 0 Å². The van der Waals surface area contributed by atoms with Crippen molar-refractivity contribution in [3.05, 3.63) is 32.6 Å². The van der Waals surface area contributed by atoms with Gasteiger partial charge in [0.1, 0.15) is 0 Å². The Morgan fingerprint density at radius 2 is 2.05 bits per heavy atom. The van der Waals surface area contributed by atoms with Gasteiger partial charge in [0, 0.05) is 18.3 Å². The number of nitrogens with zero attached hydrogens (tertiary/aromatic N) is 1. The molecule has 0 saturated carbocycles. The van der Waals surface area contributed by atoms with E-state index in [0.29, 0.717) is 0 Å². The summed E-state index contributed by atoms with van der Waals surface area (Å²) in [5.74, 6) is -0.712. The second-order valence-corrected chi connectivity index (χ2v) is 3.74. The van der Waals surface area contributed by atoms with E-state index in [1.165, 1.54) is 0 Å². The molecule has 9 heteroatoms. The highest BCUT2D eigenvalue weighted by Crippen LogP contribution is 2.02. The predicted molar refractivity (Wildman–Crippen MR) is 61.1 cm³/mol. The van der Waals surface area contributed by atoms with Crippen molar-refractivity contribution in [2.24, 2.45) is 0 Å². The van der Waals surface area contributed by atoms with Crippen LogP contribution in [0.25, 0.3) is 0 Å². The van der Waals surface area contributed by atoms with E-state index in [1.807, 2.05) is 4.98 Å². The number of aromatic amines is 2. The zero-order chi connectivity index (χ0) is 14.4. The summed E-state index contributed by atoms with van der Waals surface area (Å²) in [6, 6.07) is 0.999. The normalized spacial score (nSPS) is 10.7. The lowest BCUT2D eigenvalue weighted by Crippen LogP contribution is -2.38. The Kier molecular flexibility index (Phi) is 5.37. The molecule has 0 bridgehead atoms. The molecule has 19 heavy (non-hydrogen) atoms. The second-order valence-electron chi connectivity index (χ2n) is 3.74. The number of H-pyrrole nitrogens is 2. The van der Waals surface area contributed by atoms with Gasteiger partial charge in [-0.3, -0.25) is 14.6 Å². The molecule has 0 spiro atoms. The van der Waals surface area contributed by atoms with Crippen molar-refractivity contribution in [2.45, 2.75) is 12.8 Å². The van der Waals surface area contributed by atoms with E-state index in [2.05, 4.69) is 4.98 Å². The number of carbonyl (C=O) groups excluding carboxylic acids is 1. The number of alkyl halides is 2. The first-order valence-corrected chi connectivity index (χ1v) is 5.41. The van der Waals surface area contributed by atoms with Crippen molar-refractivity contribution >= 4 is 5.91 Å². The first-order valence-electron chi connectivity index (χ1n) is 5.41.